The number of rotatable bonds is 3. The molecule has 0 bridgehead atoms. The van der Waals surface area contributed by atoms with Crippen LogP contribution in [0.5, 0.6) is 0 Å². The maximum atomic E-state index is 8.58. The van der Waals surface area contributed by atoms with Gasteiger partial charge >= 0.3 is 0 Å². The molecule has 0 aliphatic carbocycles. The van der Waals surface area contributed by atoms with Crippen molar-refractivity contribution >= 4 is 29.0 Å². The van der Waals surface area contributed by atoms with Crippen molar-refractivity contribution in [1.29, 1.82) is 5.26 Å². The van der Waals surface area contributed by atoms with E-state index >= 15 is 0 Å². The van der Waals surface area contributed by atoms with Crippen LogP contribution < -0.4 is 17.2 Å². The zero-order valence-corrected chi connectivity index (χ0v) is 10.5. The summed E-state index contributed by atoms with van der Waals surface area (Å²) in [5.74, 6) is 0.125. The molecule has 8 heteroatoms. The van der Waals surface area contributed by atoms with Crippen molar-refractivity contribution in [2.45, 2.75) is 6.42 Å². The van der Waals surface area contributed by atoms with Gasteiger partial charge in [0.1, 0.15) is 0 Å². The predicted molar refractivity (Wildman–Crippen MR) is 75.2 cm³/mol. The van der Waals surface area contributed by atoms with Gasteiger partial charge in [-0.3, -0.25) is 0 Å². The maximum absolute atomic E-state index is 8.58. The van der Waals surface area contributed by atoms with Gasteiger partial charge in [-0.05, 0) is 17.7 Å². The average molecular weight is 268 g/mol. The largest absolute Gasteiger partial charge is 0.382 e. The highest BCUT2D eigenvalue weighted by Gasteiger charge is 2.07. The number of benzene rings is 1. The third-order valence-electron chi connectivity index (χ3n) is 2.44. The molecule has 0 saturated carbocycles. The van der Waals surface area contributed by atoms with Crippen molar-refractivity contribution in [3.8, 4) is 6.07 Å². The average Bonchev–Trinajstić information content (AvgIpc) is 2.39. The molecule has 0 aliphatic rings. The Morgan fingerprint density at radius 1 is 1.00 bits per heavy atom. The highest BCUT2D eigenvalue weighted by molar-refractivity contribution is 5.71. The third kappa shape index (κ3) is 2.97. The van der Waals surface area contributed by atoms with Gasteiger partial charge in [0.15, 0.2) is 17.3 Å². The topological polar surface area (TPSA) is 152 Å². The van der Waals surface area contributed by atoms with E-state index in [1.807, 2.05) is 0 Å². The molecule has 0 atom stereocenters. The van der Waals surface area contributed by atoms with Crippen LogP contribution in [0.2, 0.25) is 0 Å². The second-order valence-corrected chi connectivity index (χ2v) is 3.90. The fourth-order valence-corrected chi connectivity index (χ4v) is 1.49. The summed E-state index contributed by atoms with van der Waals surface area (Å²) in [5.41, 5.74) is 18.4. The van der Waals surface area contributed by atoms with Gasteiger partial charge in [0.2, 0.25) is 5.95 Å². The first-order chi connectivity index (χ1) is 9.60. The van der Waals surface area contributed by atoms with E-state index in [-0.39, 0.29) is 23.3 Å². The second kappa shape index (κ2) is 5.62. The zero-order valence-electron chi connectivity index (χ0n) is 10.5. The first-order valence-electron chi connectivity index (χ1n) is 5.66. The van der Waals surface area contributed by atoms with Crippen molar-refractivity contribution in [2.75, 3.05) is 17.2 Å². The molecule has 0 unspecified atom stereocenters. The van der Waals surface area contributed by atoms with E-state index in [2.05, 4.69) is 26.3 Å². The van der Waals surface area contributed by atoms with E-state index < -0.39 is 0 Å². The van der Waals surface area contributed by atoms with Crippen LogP contribution in [-0.2, 0) is 6.42 Å². The normalized spacial score (nSPS) is 10.6. The molecule has 0 aliphatic heterocycles. The van der Waals surface area contributed by atoms with Crippen molar-refractivity contribution in [2.24, 2.45) is 10.2 Å². The standard InChI is InChI=1S/C12H12N8/c13-6-5-7-1-3-8(4-2-7)19-20-9-10(14)17-12(16)18-11(9)15/h1-4H,5H2,(H6,14,15,16,17,18). The van der Waals surface area contributed by atoms with Crippen LogP contribution in [-0.4, -0.2) is 9.97 Å². The van der Waals surface area contributed by atoms with E-state index in [0.29, 0.717) is 12.1 Å². The third-order valence-corrected chi connectivity index (χ3v) is 2.44. The quantitative estimate of drug-likeness (QED) is 0.720. The summed E-state index contributed by atoms with van der Waals surface area (Å²) < 4.78 is 0. The fraction of sp³-hybridized carbons (Fsp3) is 0.0833. The number of nitrogens with zero attached hydrogens (tertiary/aromatic N) is 5. The van der Waals surface area contributed by atoms with Crippen molar-refractivity contribution in [3.05, 3.63) is 29.8 Å². The summed E-state index contributed by atoms with van der Waals surface area (Å²) in [4.78, 5) is 7.52. The molecule has 8 nitrogen and oxygen atoms in total. The van der Waals surface area contributed by atoms with Gasteiger partial charge in [0, 0.05) is 0 Å². The van der Waals surface area contributed by atoms with Crippen LogP contribution in [0.1, 0.15) is 5.56 Å². The Bertz CT molecular complexity index is 661. The lowest BCUT2D eigenvalue weighted by Crippen LogP contribution is -2.03. The molecule has 2 aromatic rings. The van der Waals surface area contributed by atoms with Crippen LogP contribution in [0.15, 0.2) is 34.5 Å². The number of azo groups is 1. The van der Waals surface area contributed by atoms with Gasteiger partial charge < -0.3 is 17.2 Å². The van der Waals surface area contributed by atoms with Gasteiger partial charge in [-0.15, -0.1) is 5.11 Å². The Morgan fingerprint density at radius 2 is 1.60 bits per heavy atom. The minimum Gasteiger partial charge on any atom is -0.382 e. The lowest BCUT2D eigenvalue weighted by Gasteiger charge is -2.02. The van der Waals surface area contributed by atoms with Gasteiger partial charge in [-0.2, -0.15) is 20.3 Å². The first-order valence-corrected chi connectivity index (χ1v) is 5.66. The van der Waals surface area contributed by atoms with E-state index in [1.165, 1.54) is 0 Å². The summed E-state index contributed by atoms with van der Waals surface area (Å²) in [6, 6.07) is 9.13. The highest BCUT2D eigenvalue weighted by atomic mass is 15.2. The van der Waals surface area contributed by atoms with Crippen molar-refractivity contribution < 1.29 is 0 Å². The van der Waals surface area contributed by atoms with E-state index in [0.717, 1.165) is 5.56 Å². The van der Waals surface area contributed by atoms with Gasteiger partial charge in [0.05, 0.1) is 18.2 Å². The lowest BCUT2D eigenvalue weighted by molar-refractivity contribution is 1.15. The second-order valence-electron chi connectivity index (χ2n) is 3.90. The van der Waals surface area contributed by atoms with Crippen LogP contribution in [0.25, 0.3) is 0 Å². The molecule has 1 heterocycles. The molecule has 100 valence electrons. The van der Waals surface area contributed by atoms with Gasteiger partial charge in [-0.1, -0.05) is 12.1 Å². The number of aromatic nitrogens is 2. The van der Waals surface area contributed by atoms with Crippen LogP contribution in [0.4, 0.5) is 29.0 Å². The smallest absolute Gasteiger partial charge is 0.224 e. The molecule has 0 saturated heterocycles. The number of hydrogen-bond donors (Lipinski definition) is 3. The Hall–Kier alpha value is -3.21. The van der Waals surface area contributed by atoms with Crippen molar-refractivity contribution in [3.63, 3.8) is 0 Å². The Balaban J connectivity index is 2.23. The van der Waals surface area contributed by atoms with Gasteiger partial charge in [0.25, 0.3) is 0 Å². The fourth-order valence-electron chi connectivity index (χ4n) is 1.49. The monoisotopic (exact) mass is 268 g/mol. The molecule has 0 spiro atoms. The highest BCUT2D eigenvalue weighted by Crippen LogP contribution is 2.28. The van der Waals surface area contributed by atoms with E-state index in [4.69, 9.17) is 22.5 Å². The Labute approximate surface area is 115 Å². The number of hydrogen-bond acceptors (Lipinski definition) is 8. The lowest BCUT2D eigenvalue weighted by atomic mass is 10.1. The zero-order chi connectivity index (χ0) is 14.5. The minimum absolute atomic E-state index is 0.0141. The van der Waals surface area contributed by atoms with Gasteiger partial charge in [-0.25, -0.2) is 0 Å². The summed E-state index contributed by atoms with van der Waals surface area (Å²) >= 11 is 0. The summed E-state index contributed by atoms with van der Waals surface area (Å²) in [6.45, 7) is 0. The predicted octanol–water partition coefficient (Wildman–Crippen LogP) is 1.70. The molecule has 6 N–H and O–H groups in total. The Morgan fingerprint density at radius 3 is 2.15 bits per heavy atom. The molecule has 0 fully saturated rings. The SMILES string of the molecule is N#CCc1ccc(N=Nc2c(N)nc(N)nc2N)cc1. The maximum Gasteiger partial charge on any atom is 0.224 e. The van der Waals surface area contributed by atoms with E-state index in [9.17, 15) is 0 Å². The van der Waals surface area contributed by atoms with Crippen LogP contribution in [0, 0.1) is 11.3 Å². The number of nitriles is 1. The molecule has 0 amide bonds. The minimum atomic E-state index is -0.0141. The molecular formula is C12H12N8. The molecule has 0 radical (unpaired) electrons. The summed E-state index contributed by atoms with van der Waals surface area (Å²) in [5, 5.41) is 16.5. The molecular weight excluding hydrogens is 256 g/mol. The first kappa shape index (κ1) is 13.2. The molecule has 1 aromatic carbocycles. The number of anilines is 3. The molecule has 2 rings (SSSR count). The molecule has 20 heavy (non-hydrogen) atoms. The summed E-state index contributed by atoms with van der Waals surface area (Å²) in [7, 11) is 0. The number of nitrogens with two attached hydrogens (primary N) is 3. The van der Waals surface area contributed by atoms with Crippen LogP contribution >= 0.6 is 0 Å². The summed E-state index contributed by atoms with van der Waals surface area (Å²) in [6.07, 6.45) is 0.350. The van der Waals surface area contributed by atoms with E-state index in [1.54, 1.807) is 24.3 Å². The van der Waals surface area contributed by atoms with Crippen LogP contribution in [0.3, 0.4) is 0 Å². The molecule has 1 aromatic heterocycles. The van der Waals surface area contributed by atoms with Crippen molar-refractivity contribution in [1.82, 2.24) is 9.97 Å². The Kier molecular flexibility index (Phi) is 3.72. The number of nitrogen functional groups attached to an aromatic ring is 3.